The van der Waals surface area contributed by atoms with Crippen LogP contribution >= 0.6 is 11.3 Å². The van der Waals surface area contributed by atoms with E-state index in [1.807, 2.05) is 17.5 Å². The Morgan fingerprint density at radius 2 is 1.91 bits per heavy atom. The molecule has 2 aromatic heterocycles. The monoisotopic (exact) mass is 309 g/mol. The first-order valence-corrected chi connectivity index (χ1v) is 8.63. The molecule has 3 aromatic rings. The zero-order valence-electron chi connectivity index (χ0n) is 12.4. The predicted octanol–water partition coefficient (Wildman–Crippen LogP) is 3.29. The maximum Gasteiger partial charge on any atom is 0.0705 e. The molecule has 0 aliphatic carbocycles. The van der Waals surface area contributed by atoms with E-state index < -0.39 is 0 Å². The van der Waals surface area contributed by atoms with Crippen molar-refractivity contribution in [3.8, 4) is 0 Å². The lowest BCUT2D eigenvalue weighted by molar-refractivity contribution is 0.201. The molecule has 112 valence electrons. The Morgan fingerprint density at radius 1 is 1.05 bits per heavy atom. The molecule has 0 bridgehead atoms. The number of fused-ring (bicyclic) bond motifs is 1. The molecule has 1 N–H and O–H groups in total. The minimum absolute atomic E-state index is 0.329. The van der Waals surface area contributed by atoms with Gasteiger partial charge in [-0.15, -0.1) is 11.3 Å². The summed E-state index contributed by atoms with van der Waals surface area (Å²) in [6.45, 7) is 4.29. The number of nitrogens with one attached hydrogen (secondary N) is 1. The van der Waals surface area contributed by atoms with E-state index in [4.69, 9.17) is 0 Å². The van der Waals surface area contributed by atoms with Crippen LogP contribution in [0.2, 0.25) is 0 Å². The number of aromatic nitrogens is 1. The van der Waals surface area contributed by atoms with Gasteiger partial charge in [-0.3, -0.25) is 9.88 Å². The van der Waals surface area contributed by atoms with Crippen LogP contribution in [0.1, 0.15) is 16.5 Å². The van der Waals surface area contributed by atoms with E-state index in [0.29, 0.717) is 6.04 Å². The molecule has 22 heavy (non-hydrogen) atoms. The van der Waals surface area contributed by atoms with E-state index in [9.17, 15) is 0 Å². The van der Waals surface area contributed by atoms with Crippen molar-refractivity contribution < 1.29 is 0 Å². The molecule has 0 amide bonds. The highest BCUT2D eigenvalue weighted by Crippen LogP contribution is 2.35. The number of hydrogen-bond donors (Lipinski definition) is 1. The highest BCUT2D eigenvalue weighted by molar-refractivity contribution is 7.10. The summed E-state index contributed by atoms with van der Waals surface area (Å²) >= 11 is 1.85. The molecule has 1 saturated heterocycles. The van der Waals surface area contributed by atoms with Gasteiger partial charge in [0, 0.05) is 42.6 Å². The Balaban J connectivity index is 1.85. The molecule has 1 aromatic carbocycles. The molecule has 1 fully saturated rings. The normalized spacial score (nSPS) is 17.6. The molecule has 1 aliphatic heterocycles. The number of benzene rings is 1. The lowest BCUT2D eigenvalue weighted by Gasteiger charge is -2.35. The van der Waals surface area contributed by atoms with Crippen molar-refractivity contribution in [1.82, 2.24) is 15.2 Å². The van der Waals surface area contributed by atoms with Crippen molar-refractivity contribution in [2.24, 2.45) is 0 Å². The van der Waals surface area contributed by atoms with Crippen molar-refractivity contribution in [1.29, 1.82) is 0 Å². The molecular weight excluding hydrogens is 290 g/mol. The molecule has 1 aliphatic rings. The lowest BCUT2D eigenvalue weighted by Crippen LogP contribution is -2.45. The SMILES string of the molecule is c1csc([C@@H](c2ccnc3ccccc23)N2CCNCC2)c1. The standard InChI is InChI=1S/C18H19N3S/c1-2-5-16-14(4-1)15(7-8-20-16)18(17-6-3-13-22-17)21-11-9-19-10-12-21/h1-8,13,18-19H,9-12H2/t18-/m1/s1. The molecule has 4 rings (SSSR count). The van der Waals surface area contributed by atoms with Crippen LogP contribution in [0.4, 0.5) is 0 Å². The smallest absolute Gasteiger partial charge is 0.0705 e. The first-order chi connectivity index (χ1) is 10.9. The molecule has 1 atom stereocenters. The summed E-state index contributed by atoms with van der Waals surface area (Å²) in [5, 5.41) is 6.89. The highest BCUT2D eigenvalue weighted by atomic mass is 32.1. The quantitative estimate of drug-likeness (QED) is 0.805. The van der Waals surface area contributed by atoms with Crippen molar-refractivity contribution in [2.75, 3.05) is 26.2 Å². The zero-order chi connectivity index (χ0) is 14.8. The van der Waals surface area contributed by atoms with Gasteiger partial charge in [0.05, 0.1) is 11.6 Å². The zero-order valence-corrected chi connectivity index (χ0v) is 13.2. The maximum absolute atomic E-state index is 4.52. The van der Waals surface area contributed by atoms with E-state index in [1.54, 1.807) is 0 Å². The highest BCUT2D eigenvalue weighted by Gasteiger charge is 2.26. The van der Waals surface area contributed by atoms with Crippen LogP contribution in [0, 0.1) is 0 Å². The summed E-state index contributed by atoms with van der Waals surface area (Å²) in [6, 6.07) is 15.4. The molecular formula is C18H19N3S. The minimum atomic E-state index is 0.329. The molecule has 0 spiro atoms. The van der Waals surface area contributed by atoms with Crippen LogP contribution in [0.15, 0.2) is 54.0 Å². The number of nitrogens with zero attached hydrogens (tertiary/aromatic N) is 2. The van der Waals surface area contributed by atoms with Gasteiger partial charge in [0.15, 0.2) is 0 Å². The van der Waals surface area contributed by atoms with Crippen molar-refractivity contribution in [3.05, 3.63) is 64.5 Å². The van der Waals surface area contributed by atoms with E-state index in [0.717, 1.165) is 31.7 Å². The first kappa shape index (κ1) is 13.9. The third kappa shape index (κ3) is 2.54. The second-order valence-electron chi connectivity index (χ2n) is 5.62. The number of hydrogen-bond acceptors (Lipinski definition) is 4. The number of para-hydroxylation sites is 1. The Kier molecular flexibility index (Phi) is 3.89. The number of piperazine rings is 1. The largest absolute Gasteiger partial charge is 0.314 e. The van der Waals surface area contributed by atoms with Gasteiger partial charge in [-0.25, -0.2) is 0 Å². The van der Waals surface area contributed by atoms with Crippen LogP contribution in [0.25, 0.3) is 10.9 Å². The van der Waals surface area contributed by atoms with Crippen LogP contribution in [-0.2, 0) is 0 Å². The summed E-state index contributed by atoms with van der Waals surface area (Å²) < 4.78 is 0. The Bertz CT molecular complexity index is 743. The van der Waals surface area contributed by atoms with Crippen LogP contribution in [0.5, 0.6) is 0 Å². The number of pyridine rings is 1. The topological polar surface area (TPSA) is 28.2 Å². The fourth-order valence-corrected chi connectivity index (χ4v) is 4.15. The summed E-state index contributed by atoms with van der Waals surface area (Å²) in [6.07, 6.45) is 1.94. The van der Waals surface area contributed by atoms with E-state index in [1.165, 1.54) is 15.8 Å². The number of rotatable bonds is 3. The second-order valence-corrected chi connectivity index (χ2v) is 6.60. The minimum Gasteiger partial charge on any atom is -0.314 e. The third-order valence-corrected chi connectivity index (χ3v) is 5.23. The average molecular weight is 309 g/mol. The van der Waals surface area contributed by atoms with Crippen LogP contribution in [-0.4, -0.2) is 36.1 Å². The van der Waals surface area contributed by atoms with Gasteiger partial charge in [0.2, 0.25) is 0 Å². The van der Waals surface area contributed by atoms with E-state index >= 15 is 0 Å². The van der Waals surface area contributed by atoms with E-state index in [-0.39, 0.29) is 0 Å². The van der Waals surface area contributed by atoms with Crippen LogP contribution in [0.3, 0.4) is 0 Å². The Labute approximate surface area is 134 Å². The van der Waals surface area contributed by atoms with Crippen molar-refractivity contribution >= 4 is 22.2 Å². The third-order valence-electron chi connectivity index (χ3n) is 4.31. The second kappa shape index (κ2) is 6.16. The van der Waals surface area contributed by atoms with E-state index in [2.05, 4.69) is 63.0 Å². The molecule has 3 heterocycles. The van der Waals surface area contributed by atoms with Gasteiger partial charge < -0.3 is 5.32 Å². The van der Waals surface area contributed by atoms with Crippen molar-refractivity contribution in [2.45, 2.75) is 6.04 Å². The molecule has 3 nitrogen and oxygen atoms in total. The fraction of sp³-hybridized carbons (Fsp3) is 0.278. The molecule has 0 saturated carbocycles. The van der Waals surface area contributed by atoms with Crippen molar-refractivity contribution in [3.63, 3.8) is 0 Å². The molecule has 4 heteroatoms. The van der Waals surface area contributed by atoms with Gasteiger partial charge in [-0.2, -0.15) is 0 Å². The van der Waals surface area contributed by atoms with Gasteiger partial charge in [0.1, 0.15) is 0 Å². The fourth-order valence-electron chi connectivity index (χ4n) is 3.27. The first-order valence-electron chi connectivity index (χ1n) is 7.75. The molecule has 0 unspecified atom stereocenters. The number of thiophene rings is 1. The lowest BCUT2D eigenvalue weighted by atomic mass is 9.99. The summed E-state index contributed by atoms with van der Waals surface area (Å²) in [4.78, 5) is 8.53. The average Bonchev–Trinajstić information content (AvgIpc) is 3.11. The Hall–Kier alpha value is -1.75. The summed E-state index contributed by atoms with van der Waals surface area (Å²) in [5.74, 6) is 0. The Morgan fingerprint density at radius 3 is 2.73 bits per heavy atom. The molecule has 0 radical (unpaired) electrons. The van der Waals surface area contributed by atoms with Gasteiger partial charge in [0.25, 0.3) is 0 Å². The summed E-state index contributed by atoms with van der Waals surface area (Å²) in [5.41, 5.74) is 2.45. The van der Waals surface area contributed by atoms with Gasteiger partial charge in [-0.1, -0.05) is 24.3 Å². The van der Waals surface area contributed by atoms with Gasteiger partial charge >= 0.3 is 0 Å². The maximum atomic E-state index is 4.52. The predicted molar refractivity (Wildman–Crippen MR) is 92.3 cm³/mol. The summed E-state index contributed by atoms with van der Waals surface area (Å²) in [7, 11) is 0. The van der Waals surface area contributed by atoms with Gasteiger partial charge in [-0.05, 0) is 29.1 Å². The van der Waals surface area contributed by atoms with Crippen LogP contribution < -0.4 is 5.32 Å².